The third-order valence-electron chi connectivity index (χ3n) is 4.91. The number of para-hydroxylation sites is 1. The first-order valence-corrected chi connectivity index (χ1v) is 10.6. The number of nitrogens with zero attached hydrogens (tertiary/aromatic N) is 2. The van der Waals surface area contributed by atoms with Gasteiger partial charge in [0, 0.05) is 27.5 Å². The summed E-state index contributed by atoms with van der Waals surface area (Å²) < 4.78 is 2.22. The molecular weight excluding hydrogens is 378 g/mol. The van der Waals surface area contributed by atoms with Crippen molar-refractivity contribution in [1.82, 2.24) is 9.99 Å². The van der Waals surface area contributed by atoms with Crippen molar-refractivity contribution in [2.75, 3.05) is 0 Å². The summed E-state index contributed by atoms with van der Waals surface area (Å²) in [5.41, 5.74) is 9.47. The zero-order valence-electron chi connectivity index (χ0n) is 17.6. The predicted octanol–water partition coefficient (Wildman–Crippen LogP) is 5.34. The van der Waals surface area contributed by atoms with Crippen LogP contribution in [-0.2, 0) is 4.79 Å². The van der Waals surface area contributed by atoms with Crippen molar-refractivity contribution in [2.24, 2.45) is 5.10 Å². The van der Waals surface area contributed by atoms with Gasteiger partial charge in [-0.05, 0) is 64.4 Å². The molecule has 0 aliphatic heterocycles. The Morgan fingerprint density at radius 3 is 2.45 bits per heavy atom. The second-order valence-corrected chi connectivity index (χ2v) is 8.67. The second-order valence-electron chi connectivity index (χ2n) is 7.26. The number of hydrogen-bond donors (Lipinski definition) is 1. The first kappa shape index (κ1) is 20.9. The molecule has 0 aliphatic carbocycles. The van der Waals surface area contributed by atoms with Gasteiger partial charge in [-0.25, -0.2) is 5.43 Å². The first-order valence-electron chi connectivity index (χ1n) is 9.68. The van der Waals surface area contributed by atoms with Crippen LogP contribution >= 0.6 is 11.8 Å². The van der Waals surface area contributed by atoms with E-state index in [1.165, 1.54) is 22.9 Å². The Morgan fingerprint density at radius 2 is 1.76 bits per heavy atom. The van der Waals surface area contributed by atoms with Crippen molar-refractivity contribution in [1.29, 1.82) is 0 Å². The van der Waals surface area contributed by atoms with Crippen LogP contribution in [-0.4, -0.2) is 21.9 Å². The van der Waals surface area contributed by atoms with E-state index in [1.807, 2.05) is 31.2 Å². The zero-order valence-corrected chi connectivity index (χ0v) is 18.4. The molecule has 1 N–H and O–H groups in total. The van der Waals surface area contributed by atoms with Crippen molar-refractivity contribution in [2.45, 2.75) is 44.8 Å². The van der Waals surface area contributed by atoms with E-state index in [0.717, 1.165) is 27.5 Å². The minimum atomic E-state index is -0.228. The monoisotopic (exact) mass is 405 g/mol. The number of thioether (sulfide) groups is 1. The molecule has 2 aromatic carbocycles. The van der Waals surface area contributed by atoms with Crippen LogP contribution in [0.5, 0.6) is 0 Å². The third-order valence-corrected chi connectivity index (χ3v) is 6.02. The van der Waals surface area contributed by atoms with Gasteiger partial charge in [0.25, 0.3) is 5.91 Å². The highest BCUT2D eigenvalue weighted by atomic mass is 32.2. The Bertz CT molecular complexity index is 1030. The molecule has 1 heterocycles. The van der Waals surface area contributed by atoms with Crippen LogP contribution in [0.1, 0.15) is 35.0 Å². The Kier molecular flexibility index (Phi) is 6.60. The average Bonchev–Trinajstić information content (AvgIpc) is 2.97. The number of amides is 1. The molecule has 3 rings (SSSR count). The van der Waals surface area contributed by atoms with Gasteiger partial charge in [-0.15, -0.1) is 11.8 Å². The quantitative estimate of drug-likeness (QED) is 0.342. The first-order chi connectivity index (χ1) is 13.9. The standard InChI is InChI=1S/C24H27N3OS/c1-16-10-12-22(13-11-16)29-20(5)24(28)26-25-15-21-14-18(3)27(19(21)4)23-9-7-6-8-17(23)2/h6-15,20H,1-5H3,(H,26,28)/b25-15-/t20-/m1/s1. The molecule has 3 aromatic rings. The van der Waals surface area contributed by atoms with E-state index in [-0.39, 0.29) is 11.2 Å². The largest absolute Gasteiger partial charge is 0.318 e. The Hall–Kier alpha value is -2.79. The van der Waals surface area contributed by atoms with E-state index in [4.69, 9.17) is 0 Å². The highest BCUT2D eigenvalue weighted by Gasteiger charge is 2.14. The SMILES string of the molecule is Cc1ccc(S[C@H](C)C(=O)N/N=C\c2cc(C)n(-c3ccccc3C)c2C)cc1. The topological polar surface area (TPSA) is 46.4 Å². The maximum absolute atomic E-state index is 12.4. The number of hydrogen-bond acceptors (Lipinski definition) is 3. The lowest BCUT2D eigenvalue weighted by Crippen LogP contribution is -2.26. The molecule has 0 spiro atoms. The van der Waals surface area contributed by atoms with Crippen LogP contribution in [0.4, 0.5) is 0 Å². The Morgan fingerprint density at radius 1 is 1.07 bits per heavy atom. The fourth-order valence-electron chi connectivity index (χ4n) is 3.23. The molecule has 0 fully saturated rings. The van der Waals surface area contributed by atoms with Gasteiger partial charge in [-0.2, -0.15) is 5.10 Å². The molecule has 1 aromatic heterocycles. The lowest BCUT2D eigenvalue weighted by molar-refractivity contribution is -0.120. The molecular formula is C24H27N3OS. The summed E-state index contributed by atoms with van der Waals surface area (Å²) in [4.78, 5) is 13.4. The van der Waals surface area contributed by atoms with Crippen molar-refractivity contribution >= 4 is 23.9 Å². The number of nitrogens with one attached hydrogen (secondary N) is 1. The fraction of sp³-hybridized carbons (Fsp3) is 0.250. The molecule has 0 saturated heterocycles. The summed E-state index contributed by atoms with van der Waals surface area (Å²) in [5, 5.41) is 3.97. The van der Waals surface area contributed by atoms with E-state index in [1.54, 1.807) is 6.21 Å². The summed E-state index contributed by atoms with van der Waals surface area (Å²) in [6.45, 7) is 10.2. The number of carbonyl (C=O) groups is 1. The third kappa shape index (κ3) is 4.98. The molecule has 1 atom stereocenters. The molecule has 4 nitrogen and oxygen atoms in total. The zero-order chi connectivity index (χ0) is 21.0. The summed E-state index contributed by atoms with van der Waals surface area (Å²) in [5.74, 6) is -0.112. The molecule has 0 radical (unpaired) electrons. The number of rotatable bonds is 6. The van der Waals surface area contributed by atoms with Crippen LogP contribution in [0.2, 0.25) is 0 Å². The maximum Gasteiger partial charge on any atom is 0.253 e. The molecule has 1 amide bonds. The van der Waals surface area contributed by atoms with E-state index in [0.29, 0.717) is 0 Å². The summed E-state index contributed by atoms with van der Waals surface area (Å²) >= 11 is 1.53. The van der Waals surface area contributed by atoms with E-state index < -0.39 is 0 Å². The van der Waals surface area contributed by atoms with Gasteiger partial charge in [-0.1, -0.05) is 35.9 Å². The lowest BCUT2D eigenvalue weighted by Gasteiger charge is -2.12. The van der Waals surface area contributed by atoms with E-state index >= 15 is 0 Å². The average molecular weight is 406 g/mol. The van der Waals surface area contributed by atoms with Crippen LogP contribution in [0.15, 0.2) is 64.6 Å². The highest BCUT2D eigenvalue weighted by Crippen LogP contribution is 2.24. The molecule has 0 unspecified atom stereocenters. The minimum Gasteiger partial charge on any atom is -0.318 e. The molecule has 0 saturated carbocycles. The summed E-state index contributed by atoms with van der Waals surface area (Å²) in [6.07, 6.45) is 1.72. The lowest BCUT2D eigenvalue weighted by atomic mass is 10.2. The smallest absolute Gasteiger partial charge is 0.253 e. The van der Waals surface area contributed by atoms with Gasteiger partial charge >= 0.3 is 0 Å². The van der Waals surface area contributed by atoms with Crippen LogP contribution in [0.25, 0.3) is 5.69 Å². The van der Waals surface area contributed by atoms with E-state index in [2.05, 4.69) is 73.1 Å². The maximum atomic E-state index is 12.4. The van der Waals surface area contributed by atoms with Crippen LogP contribution < -0.4 is 5.43 Å². The molecule has 0 bridgehead atoms. The summed E-state index contributed by atoms with van der Waals surface area (Å²) in [6, 6.07) is 18.6. The van der Waals surface area contributed by atoms with Crippen molar-refractivity contribution in [3.8, 4) is 5.69 Å². The molecule has 29 heavy (non-hydrogen) atoms. The van der Waals surface area contributed by atoms with Gasteiger partial charge in [0.15, 0.2) is 0 Å². The van der Waals surface area contributed by atoms with Crippen molar-refractivity contribution < 1.29 is 4.79 Å². The number of hydrazone groups is 1. The second kappa shape index (κ2) is 9.14. The highest BCUT2D eigenvalue weighted by molar-refractivity contribution is 8.00. The fourth-order valence-corrected chi connectivity index (χ4v) is 4.10. The van der Waals surface area contributed by atoms with E-state index in [9.17, 15) is 4.79 Å². The van der Waals surface area contributed by atoms with Crippen LogP contribution in [0.3, 0.4) is 0 Å². The normalized spacial score (nSPS) is 12.3. The van der Waals surface area contributed by atoms with Crippen LogP contribution in [0, 0.1) is 27.7 Å². The molecule has 150 valence electrons. The number of carbonyl (C=O) groups excluding carboxylic acids is 1. The Labute approximate surface area is 177 Å². The minimum absolute atomic E-state index is 0.112. The number of aromatic nitrogens is 1. The molecule has 5 heteroatoms. The van der Waals surface area contributed by atoms with Gasteiger partial charge < -0.3 is 4.57 Å². The predicted molar refractivity (Wildman–Crippen MR) is 122 cm³/mol. The van der Waals surface area contributed by atoms with Gasteiger partial charge in [-0.3, -0.25) is 4.79 Å². The van der Waals surface area contributed by atoms with Crippen molar-refractivity contribution in [3.63, 3.8) is 0 Å². The van der Waals surface area contributed by atoms with Gasteiger partial charge in [0.2, 0.25) is 0 Å². The van der Waals surface area contributed by atoms with Gasteiger partial charge in [0.05, 0.1) is 11.5 Å². The number of aryl methyl sites for hydroxylation is 3. The summed E-state index contributed by atoms with van der Waals surface area (Å²) in [7, 11) is 0. The molecule has 0 aliphatic rings. The number of benzene rings is 2. The van der Waals surface area contributed by atoms with Gasteiger partial charge in [0.1, 0.15) is 0 Å². The van der Waals surface area contributed by atoms with Crippen molar-refractivity contribution in [3.05, 3.63) is 82.7 Å². The Balaban J connectivity index is 1.67.